The van der Waals surface area contributed by atoms with Crippen LogP contribution < -0.4 is 15.5 Å². The molecule has 1 aliphatic rings. The Bertz CT molecular complexity index is 1320. The molecule has 5 N–H and O–H groups in total. The number of amides is 1. The standard InChI is InChI=1S/C28H33F3N4O5/c1-40-19-2-3-23-20(14-19)25(17(16-36)15-33-23)24(37)4-5-28(27(38)34-39)6-9-35(10-7-28)11-8-32-18-12-21(29)26(31)22(30)13-18/h2-3,12-15,24,32,36-37,39H,4-11,16H2,1H3,(H,34,38). The van der Waals surface area contributed by atoms with Gasteiger partial charge in [0.15, 0.2) is 17.5 Å². The average molecular weight is 563 g/mol. The van der Waals surface area contributed by atoms with Crippen LogP contribution >= 0.6 is 0 Å². The summed E-state index contributed by atoms with van der Waals surface area (Å²) in [5, 5.41) is 34.2. The van der Waals surface area contributed by atoms with Crippen LogP contribution in [0.4, 0.5) is 18.9 Å². The van der Waals surface area contributed by atoms with Gasteiger partial charge in [-0.1, -0.05) is 0 Å². The van der Waals surface area contributed by atoms with Gasteiger partial charge < -0.3 is 25.2 Å². The number of nitrogens with one attached hydrogen (secondary N) is 2. The fraction of sp³-hybridized carbons (Fsp3) is 0.429. The fourth-order valence-corrected chi connectivity index (χ4v) is 5.37. The van der Waals surface area contributed by atoms with E-state index in [1.807, 2.05) is 0 Å². The number of likely N-dealkylation sites (tertiary alicyclic amines) is 1. The second-order valence-corrected chi connectivity index (χ2v) is 10.0. The Labute approximate surface area is 229 Å². The maximum Gasteiger partial charge on any atom is 0.249 e. The first-order valence-electron chi connectivity index (χ1n) is 13.0. The van der Waals surface area contributed by atoms with Gasteiger partial charge >= 0.3 is 0 Å². The van der Waals surface area contributed by atoms with Crippen molar-refractivity contribution in [2.75, 3.05) is 38.6 Å². The van der Waals surface area contributed by atoms with E-state index in [0.717, 1.165) is 12.1 Å². The van der Waals surface area contributed by atoms with Gasteiger partial charge in [0.2, 0.25) is 5.91 Å². The smallest absolute Gasteiger partial charge is 0.249 e. The van der Waals surface area contributed by atoms with E-state index in [1.54, 1.807) is 23.7 Å². The number of nitrogens with zero attached hydrogens (tertiary/aromatic N) is 2. The predicted molar refractivity (Wildman–Crippen MR) is 141 cm³/mol. The average Bonchev–Trinajstić information content (AvgIpc) is 2.97. The molecule has 4 rings (SSSR count). The molecule has 1 aromatic heterocycles. The number of piperidine rings is 1. The van der Waals surface area contributed by atoms with E-state index in [0.29, 0.717) is 66.8 Å². The molecule has 0 bridgehead atoms. The lowest BCUT2D eigenvalue weighted by Crippen LogP contribution is -2.49. The molecule has 1 atom stereocenters. The van der Waals surface area contributed by atoms with Gasteiger partial charge in [0.1, 0.15) is 5.75 Å². The summed E-state index contributed by atoms with van der Waals surface area (Å²) in [6.07, 6.45) is 1.79. The van der Waals surface area contributed by atoms with Crippen LogP contribution in [0.25, 0.3) is 10.9 Å². The summed E-state index contributed by atoms with van der Waals surface area (Å²) in [7, 11) is 1.53. The highest BCUT2D eigenvalue weighted by Crippen LogP contribution is 2.40. The third-order valence-corrected chi connectivity index (χ3v) is 7.74. The summed E-state index contributed by atoms with van der Waals surface area (Å²) in [4.78, 5) is 19.2. The number of rotatable bonds is 11. The molecule has 0 spiro atoms. The van der Waals surface area contributed by atoms with Gasteiger partial charge in [-0.3, -0.25) is 15.0 Å². The zero-order valence-corrected chi connectivity index (χ0v) is 22.1. The highest BCUT2D eigenvalue weighted by Gasteiger charge is 2.41. The molecule has 2 aromatic carbocycles. The number of hydroxylamine groups is 1. The van der Waals surface area contributed by atoms with Crippen LogP contribution in [0.1, 0.15) is 42.9 Å². The van der Waals surface area contributed by atoms with Crippen LogP contribution in [0, 0.1) is 22.9 Å². The van der Waals surface area contributed by atoms with Gasteiger partial charge in [0, 0.05) is 48.1 Å². The number of hydrogen-bond acceptors (Lipinski definition) is 8. The van der Waals surface area contributed by atoms with E-state index in [4.69, 9.17) is 4.74 Å². The van der Waals surface area contributed by atoms with Crippen LogP contribution in [0.3, 0.4) is 0 Å². The number of pyridine rings is 1. The molecule has 1 unspecified atom stereocenters. The van der Waals surface area contributed by atoms with Gasteiger partial charge in [0.25, 0.3) is 0 Å². The Morgan fingerprint density at radius 1 is 1.18 bits per heavy atom. The molecule has 0 radical (unpaired) electrons. The molecular weight excluding hydrogens is 529 g/mol. The Hall–Kier alpha value is -3.45. The summed E-state index contributed by atoms with van der Waals surface area (Å²) in [6.45, 7) is 1.54. The molecule has 3 aromatic rings. The number of carbonyl (C=O) groups is 1. The number of fused-ring (bicyclic) bond motifs is 1. The lowest BCUT2D eigenvalue weighted by atomic mass is 9.73. The summed E-state index contributed by atoms with van der Waals surface area (Å²) in [5.74, 6) is -4.02. The monoisotopic (exact) mass is 562 g/mol. The van der Waals surface area contributed by atoms with E-state index in [1.165, 1.54) is 13.3 Å². The van der Waals surface area contributed by atoms with Crippen LogP contribution in [0.15, 0.2) is 36.5 Å². The molecule has 40 heavy (non-hydrogen) atoms. The number of aromatic nitrogens is 1. The quantitative estimate of drug-likeness (QED) is 0.136. The third kappa shape index (κ3) is 6.30. The van der Waals surface area contributed by atoms with Crippen molar-refractivity contribution in [3.05, 3.63) is 65.1 Å². The zero-order valence-electron chi connectivity index (χ0n) is 22.1. The minimum Gasteiger partial charge on any atom is -0.497 e. The number of aliphatic hydroxyl groups is 2. The topological polar surface area (TPSA) is 127 Å². The molecule has 9 nitrogen and oxygen atoms in total. The number of halogens is 3. The number of hydrogen-bond donors (Lipinski definition) is 5. The van der Waals surface area contributed by atoms with E-state index in [9.17, 15) is 33.4 Å². The Morgan fingerprint density at radius 3 is 2.50 bits per heavy atom. The van der Waals surface area contributed by atoms with E-state index in [-0.39, 0.29) is 25.1 Å². The normalized spacial score (nSPS) is 16.1. The Balaban J connectivity index is 1.41. The molecule has 1 aliphatic heterocycles. The van der Waals surface area contributed by atoms with Crippen LogP contribution in [-0.2, 0) is 11.4 Å². The van der Waals surface area contributed by atoms with Gasteiger partial charge in [-0.25, -0.2) is 18.7 Å². The summed E-state index contributed by atoms with van der Waals surface area (Å²) >= 11 is 0. The van der Waals surface area contributed by atoms with Crippen molar-refractivity contribution in [2.45, 2.75) is 38.4 Å². The number of benzene rings is 2. The summed E-state index contributed by atoms with van der Waals surface area (Å²) in [6, 6.07) is 7.04. The molecule has 1 saturated heterocycles. The molecular formula is C28H33F3N4O5. The van der Waals surface area contributed by atoms with Crippen LogP contribution in [0.2, 0.25) is 0 Å². The fourth-order valence-electron chi connectivity index (χ4n) is 5.37. The number of ether oxygens (including phenoxy) is 1. The second-order valence-electron chi connectivity index (χ2n) is 10.0. The molecule has 1 amide bonds. The molecule has 2 heterocycles. The highest BCUT2D eigenvalue weighted by atomic mass is 19.2. The van der Waals surface area contributed by atoms with Crippen molar-refractivity contribution < 1.29 is 38.1 Å². The predicted octanol–water partition coefficient (Wildman–Crippen LogP) is 3.67. The SMILES string of the molecule is COc1ccc2ncc(CO)c(C(O)CCC3(C(=O)NO)CCN(CCNc4cc(F)c(F)c(F)c4)CC3)c2c1. The van der Waals surface area contributed by atoms with Crippen molar-refractivity contribution >= 4 is 22.5 Å². The maximum absolute atomic E-state index is 13.4. The molecule has 0 saturated carbocycles. The Morgan fingerprint density at radius 2 is 1.88 bits per heavy atom. The first-order valence-corrected chi connectivity index (χ1v) is 13.0. The van der Waals surface area contributed by atoms with E-state index >= 15 is 0 Å². The minimum atomic E-state index is -1.52. The number of methoxy groups -OCH3 is 1. The van der Waals surface area contributed by atoms with Crippen LogP contribution in [0.5, 0.6) is 5.75 Å². The van der Waals surface area contributed by atoms with Crippen molar-refractivity contribution in [3.8, 4) is 5.75 Å². The molecule has 0 aliphatic carbocycles. The lowest BCUT2D eigenvalue weighted by molar-refractivity contribution is -0.143. The largest absolute Gasteiger partial charge is 0.497 e. The summed E-state index contributed by atoms with van der Waals surface area (Å²) < 4.78 is 45.4. The molecule has 216 valence electrons. The lowest BCUT2D eigenvalue weighted by Gasteiger charge is -2.40. The van der Waals surface area contributed by atoms with E-state index < -0.39 is 34.9 Å². The van der Waals surface area contributed by atoms with Gasteiger partial charge in [-0.2, -0.15) is 0 Å². The maximum atomic E-state index is 13.4. The molecule has 1 fully saturated rings. The van der Waals surface area contributed by atoms with Gasteiger partial charge in [-0.15, -0.1) is 0 Å². The first kappa shape index (κ1) is 29.5. The first-order chi connectivity index (χ1) is 19.2. The van der Waals surface area contributed by atoms with Gasteiger partial charge in [-0.05, 0) is 62.5 Å². The van der Waals surface area contributed by atoms with Gasteiger partial charge in [0.05, 0.1) is 30.8 Å². The zero-order chi connectivity index (χ0) is 28.9. The minimum absolute atomic E-state index is 0.125. The number of anilines is 1. The van der Waals surface area contributed by atoms with Crippen molar-refractivity contribution in [3.63, 3.8) is 0 Å². The second kappa shape index (κ2) is 12.8. The van der Waals surface area contributed by atoms with Crippen molar-refractivity contribution in [1.82, 2.24) is 15.4 Å². The molecule has 12 heteroatoms. The summed E-state index contributed by atoms with van der Waals surface area (Å²) in [5.41, 5.74) is 2.59. The Kier molecular flexibility index (Phi) is 9.46. The highest BCUT2D eigenvalue weighted by molar-refractivity contribution is 5.85. The van der Waals surface area contributed by atoms with Crippen LogP contribution in [-0.4, -0.2) is 64.5 Å². The van der Waals surface area contributed by atoms with Crippen molar-refractivity contribution in [2.24, 2.45) is 5.41 Å². The van der Waals surface area contributed by atoms with E-state index in [2.05, 4.69) is 15.2 Å². The number of carbonyl (C=O) groups excluding carboxylic acids is 1. The number of aliphatic hydroxyl groups excluding tert-OH is 2. The van der Waals surface area contributed by atoms with Crippen molar-refractivity contribution in [1.29, 1.82) is 0 Å². The third-order valence-electron chi connectivity index (χ3n) is 7.74.